The number of alkyl halides is 2. The van der Waals surface area contributed by atoms with Crippen molar-refractivity contribution in [2.24, 2.45) is 10.4 Å². The number of hydrogen-bond donors (Lipinski definition) is 0. The third-order valence-electron chi connectivity index (χ3n) is 3.26. The van der Waals surface area contributed by atoms with Crippen LogP contribution in [0.2, 0.25) is 0 Å². The standard InChI is InChI=1S/C15H25F2N/c1-8-14(4,5)9-11(2)13(10-18-7)12(3)15(6,16)17/h9-10H,8H2,1-7H3/b11-9+,13-12-,18-10?. The first-order chi connectivity index (χ1) is 8.05. The molecule has 0 heterocycles. The second kappa shape index (κ2) is 6.26. The van der Waals surface area contributed by atoms with Crippen LogP contribution in [0.4, 0.5) is 8.78 Å². The molecule has 0 N–H and O–H groups in total. The molecule has 0 radical (unpaired) electrons. The molecule has 1 nitrogen and oxygen atoms in total. The summed E-state index contributed by atoms with van der Waals surface area (Å²) >= 11 is 0. The van der Waals surface area contributed by atoms with Crippen LogP contribution in [0.5, 0.6) is 0 Å². The minimum absolute atomic E-state index is 0.000220. The zero-order valence-electron chi connectivity index (χ0n) is 12.6. The van der Waals surface area contributed by atoms with Crippen LogP contribution >= 0.6 is 0 Å². The molecule has 0 saturated carbocycles. The first-order valence-corrected chi connectivity index (χ1v) is 6.26. The molecule has 0 fully saturated rings. The molecule has 0 amide bonds. The fourth-order valence-corrected chi connectivity index (χ4v) is 1.63. The maximum absolute atomic E-state index is 13.4. The summed E-state index contributed by atoms with van der Waals surface area (Å²) in [6, 6.07) is 0. The third kappa shape index (κ3) is 5.11. The Hall–Kier alpha value is -0.990. The molecule has 104 valence electrons. The summed E-state index contributed by atoms with van der Waals surface area (Å²) < 4.78 is 26.8. The lowest BCUT2D eigenvalue weighted by atomic mass is 9.85. The first kappa shape index (κ1) is 17.0. The van der Waals surface area contributed by atoms with E-state index >= 15 is 0 Å². The van der Waals surface area contributed by atoms with Gasteiger partial charge in [-0.3, -0.25) is 4.99 Å². The smallest absolute Gasteiger partial charge is 0.267 e. The lowest BCUT2D eigenvalue weighted by Gasteiger charge is -2.21. The normalized spacial score (nSPS) is 16.2. The van der Waals surface area contributed by atoms with Crippen LogP contribution in [0, 0.1) is 5.41 Å². The fraction of sp³-hybridized carbons (Fsp3) is 0.667. The van der Waals surface area contributed by atoms with Crippen molar-refractivity contribution in [3.05, 3.63) is 22.8 Å². The van der Waals surface area contributed by atoms with Crippen molar-refractivity contribution in [2.45, 2.75) is 53.9 Å². The Morgan fingerprint density at radius 3 is 2.00 bits per heavy atom. The summed E-state index contributed by atoms with van der Waals surface area (Å²) in [6.07, 6.45) is 4.52. The lowest BCUT2D eigenvalue weighted by molar-refractivity contribution is 0.0630. The molecule has 0 aromatic carbocycles. The number of aliphatic imine (C=N–C) groups is 1. The molecule has 0 spiro atoms. The minimum atomic E-state index is -2.82. The van der Waals surface area contributed by atoms with Gasteiger partial charge < -0.3 is 0 Å². The van der Waals surface area contributed by atoms with Gasteiger partial charge in [0, 0.05) is 25.8 Å². The molecule has 18 heavy (non-hydrogen) atoms. The predicted molar refractivity (Wildman–Crippen MR) is 75.6 cm³/mol. The number of allylic oxidation sites excluding steroid dienone is 4. The highest BCUT2D eigenvalue weighted by atomic mass is 19.3. The van der Waals surface area contributed by atoms with E-state index in [1.165, 1.54) is 13.1 Å². The van der Waals surface area contributed by atoms with Gasteiger partial charge in [-0.2, -0.15) is 0 Å². The highest BCUT2D eigenvalue weighted by Crippen LogP contribution is 2.31. The van der Waals surface area contributed by atoms with Crippen molar-refractivity contribution < 1.29 is 8.78 Å². The van der Waals surface area contributed by atoms with Crippen LogP contribution in [-0.2, 0) is 0 Å². The summed E-state index contributed by atoms with van der Waals surface area (Å²) in [7, 11) is 1.60. The quantitative estimate of drug-likeness (QED) is 0.483. The number of hydrogen-bond acceptors (Lipinski definition) is 1. The van der Waals surface area contributed by atoms with Crippen molar-refractivity contribution in [1.82, 2.24) is 0 Å². The maximum atomic E-state index is 13.4. The van der Waals surface area contributed by atoms with E-state index in [0.29, 0.717) is 5.57 Å². The van der Waals surface area contributed by atoms with Crippen LogP contribution in [0.15, 0.2) is 27.8 Å². The maximum Gasteiger partial charge on any atom is 0.267 e. The van der Waals surface area contributed by atoms with Gasteiger partial charge in [0.1, 0.15) is 0 Å². The van der Waals surface area contributed by atoms with Crippen LogP contribution in [0.1, 0.15) is 48.0 Å². The largest absolute Gasteiger partial charge is 0.296 e. The number of halogens is 2. The molecule has 0 atom stereocenters. The fourth-order valence-electron chi connectivity index (χ4n) is 1.63. The summed E-state index contributed by atoms with van der Waals surface area (Å²) in [5.74, 6) is -2.82. The van der Waals surface area contributed by atoms with Crippen LogP contribution in [0.25, 0.3) is 0 Å². The van der Waals surface area contributed by atoms with Gasteiger partial charge in [0.15, 0.2) is 0 Å². The Labute approximate surface area is 110 Å². The summed E-state index contributed by atoms with van der Waals surface area (Å²) in [5, 5.41) is 0. The van der Waals surface area contributed by atoms with E-state index in [1.807, 2.05) is 13.0 Å². The van der Waals surface area contributed by atoms with Crippen molar-refractivity contribution in [2.75, 3.05) is 7.05 Å². The minimum Gasteiger partial charge on any atom is -0.296 e. The zero-order chi connectivity index (χ0) is 14.6. The Kier molecular flexibility index (Phi) is 5.91. The number of nitrogens with zero attached hydrogens (tertiary/aromatic N) is 1. The van der Waals surface area contributed by atoms with E-state index in [4.69, 9.17) is 0 Å². The molecule has 0 aromatic rings. The van der Waals surface area contributed by atoms with Gasteiger partial charge in [0.25, 0.3) is 5.92 Å². The van der Waals surface area contributed by atoms with Gasteiger partial charge in [-0.1, -0.05) is 26.8 Å². The molecule has 0 aliphatic heterocycles. The van der Waals surface area contributed by atoms with E-state index in [9.17, 15) is 8.78 Å². The van der Waals surface area contributed by atoms with Gasteiger partial charge in [-0.15, -0.1) is 0 Å². The van der Waals surface area contributed by atoms with E-state index in [0.717, 1.165) is 18.9 Å². The Bertz CT molecular complexity index is 368. The predicted octanol–water partition coefficient (Wildman–Crippen LogP) is 5.04. The highest BCUT2D eigenvalue weighted by Gasteiger charge is 2.27. The van der Waals surface area contributed by atoms with Gasteiger partial charge in [-0.25, -0.2) is 8.78 Å². The van der Waals surface area contributed by atoms with Crippen molar-refractivity contribution >= 4 is 6.21 Å². The van der Waals surface area contributed by atoms with Gasteiger partial charge >= 0.3 is 0 Å². The Morgan fingerprint density at radius 1 is 1.17 bits per heavy atom. The molecular weight excluding hydrogens is 232 g/mol. The van der Waals surface area contributed by atoms with E-state index < -0.39 is 5.92 Å². The average molecular weight is 257 g/mol. The molecule has 0 aromatic heterocycles. The second-order valence-electron chi connectivity index (χ2n) is 5.48. The summed E-state index contributed by atoms with van der Waals surface area (Å²) in [4.78, 5) is 3.89. The van der Waals surface area contributed by atoms with Gasteiger partial charge in [0.05, 0.1) is 0 Å². The summed E-state index contributed by atoms with van der Waals surface area (Å²) in [5.41, 5.74) is 1.45. The van der Waals surface area contributed by atoms with Gasteiger partial charge in [0.2, 0.25) is 0 Å². The lowest BCUT2D eigenvalue weighted by Crippen LogP contribution is -2.15. The molecule has 0 aliphatic rings. The molecule has 0 aliphatic carbocycles. The molecule has 0 rings (SSSR count). The highest BCUT2D eigenvalue weighted by molar-refractivity contribution is 5.85. The van der Waals surface area contributed by atoms with Crippen molar-refractivity contribution in [3.8, 4) is 0 Å². The molecule has 0 bridgehead atoms. The molecule has 3 heteroatoms. The average Bonchev–Trinajstić information content (AvgIpc) is 2.23. The van der Waals surface area contributed by atoms with Crippen molar-refractivity contribution in [1.29, 1.82) is 0 Å². The van der Waals surface area contributed by atoms with Crippen LogP contribution in [-0.4, -0.2) is 19.2 Å². The molecule has 0 unspecified atom stereocenters. The SMILES string of the molecule is CCC(C)(C)/C=C(C)/C(C=NC)=C(/C)C(C)(F)F. The topological polar surface area (TPSA) is 12.4 Å². The second-order valence-corrected chi connectivity index (χ2v) is 5.48. The third-order valence-corrected chi connectivity index (χ3v) is 3.26. The van der Waals surface area contributed by atoms with Crippen LogP contribution < -0.4 is 0 Å². The van der Waals surface area contributed by atoms with Crippen LogP contribution in [0.3, 0.4) is 0 Å². The Balaban J connectivity index is 5.68. The molecule has 0 saturated heterocycles. The monoisotopic (exact) mass is 257 g/mol. The van der Waals surface area contributed by atoms with E-state index in [1.54, 1.807) is 7.05 Å². The number of rotatable bonds is 5. The van der Waals surface area contributed by atoms with Crippen molar-refractivity contribution in [3.63, 3.8) is 0 Å². The van der Waals surface area contributed by atoms with E-state index in [2.05, 4.69) is 25.8 Å². The molecular formula is C15H25F2N. The zero-order valence-corrected chi connectivity index (χ0v) is 12.6. The van der Waals surface area contributed by atoms with Gasteiger partial charge in [-0.05, 0) is 36.8 Å². The van der Waals surface area contributed by atoms with E-state index in [-0.39, 0.29) is 11.0 Å². The first-order valence-electron chi connectivity index (χ1n) is 6.26. The Morgan fingerprint density at radius 2 is 1.67 bits per heavy atom. The summed E-state index contributed by atoms with van der Waals surface area (Å²) in [6.45, 7) is 10.5.